The number of thioether (sulfide) groups is 1. The third-order valence-electron chi connectivity index (χ3n) is 3.82. The highest BCUT2D eigenvalue weighted by Crippen LogP contribution is 2.30. The number of carbonyl (C=O) groups excluding carboxylic acids is 1. The number of hydrogen-bond donors (Lipinski definition) is 2. The maximum atomic E-state index is 12.2. The van der Waals surface area contributed by atoms with Crippen molar-refractivity contribution in [2.75, 3.05) is 6.61 Å². The molecule has 7 heteroatoms. The standard InChI is InChI=1S/C20H18N2O4S/c1-3-26-15-8-5-13(6-9-15)10-17-18(23)22-20(27-17)21-16-11-14(19(24)25)7-4-12(16)2/h4-11H,3H2,1-2H3,(H,24,25)(H,21,22,23)/b17-10-. The summed E-state index contributed by atoms with van der Waals surface area (Å²) in [6, 6.07) is 12.2. The molecule has 0 aliphatic carbocycles. The smallest absolute Gasteiger partial charge is 0.335 e. The second-order valence-electron chi connectivity index (χ2n) is 5.79. The second kappa shape index (κ2) is 8.09. The minimum atomic E-state index is -1.02. The Balaban J connectivity index is 1.82. The Hall–Kier alpha value is -3.06. The van der Waals surface area contributed by atoms with Crippen molar-refractivity contribution in [3.63, 3.8) is 0 Å². The van der Waals surface area contributed by atoms with E-state index >= 15 is 0 Å². The molecule has 0 spiro atoms. The summed E-state index contributed by atoms with van der Waals surface area (Å²) in [5.41, 5.74) is 2.37. The van der Waals surface area contributed by atoms with Crippen LogP contribution in [0.15, 0.2) is 52.4 Å². The Morgan fingerprint density at radius 1 is 1.26 bits per heavy atom. The average Bonchev–Trinajstić information content (AvgIpc) is 2.98. The minimum Gasteiger partial charge on any atom is -0.494 e. The summed E-state index contributed by atoms with van der Waals surface area (Å²) >= 11 is 1.22. The average molecular weight is 382 g/mol. The first-order valence-electron chi connectivity index (χ1n) is 8.32. The first kappa shape index (κ1) is 18.7. The zero-order chi connectivity index (χ0) is 19.4. The number of amides is 1. The lowest BCUT2D eigenvalue weighted by Crippen LogP contribution is -2.19. The number of nitrogens with zero attached hydrogens (tertiary/aromatic N) is 1. The zero-order valence-corrected chi connectivity index (χ0v) is 15.7. The fraction of sp³-hybridized carbons (Fsp3) is 0.150. The molecule has 0 aromatic heterocycles. The first-order chi connectivity index (χ1) is 13.0. The van der Waals surface area contributed by atoms with Gasteiger partial charge in [0.05, 0.1) is 22.8 Å². The minimum absolute atomic E-state index is 0.152. The van der Waals surface area contributed by atoms with Gasteiger partial charge in [-0.25, -0.2) is 9.79 Å². The number of rotatable bonds is 5. The van der Waals surface area contributed by atoms with Gasteiger partial charge in [-0.05, 0) is 67.1 Å². The normalized spacial score (nSPS) is 16.6. The van der Waals surface area contributed by atoms with Crippen molar-refractivity contribution >= 4 is 40.6 Å². The van der Waals surface area contributed by atoms with Crippen LogP contribution in [-0.2, 0) is 4.79 Å². The Morgan fingerprint density at radius 2 is 2.00 bits per heavy atom. The molecule has 1 fully saturated rings. The number of carboxylic acid groups (broad SMARTS) is 1. The zero-order valence-electron chi connectivity index (χ0n) is 14.9. The number of ether oxygens (including phenoxy) is 1. The number of hydrogen-bond acceptors (Lipinski definition) is 5. The van der Waals surface area contributed by atoms with Gasteiger partial charge in [0.25, 0.3) is 5.91 Å². The van der Waals surface area contributed by atoms with Gasteiger partial charge >= 0.3 is 5.97 Å². The monoisotopic (exact) mass is 382 g/mol. The summed E-state index contributed by atoms with van der Waals surface area (Å²) in [5, 5.41) is 12.3. The van der Waals surface area contributed by atoms with Crippen molar-refractivity contribution in [2.45, 2.75) is 13.8 Å². The predicted molar refractivity (Wildman–Crippen MR) is 107 cm³/mol. The van der Waals surface area contributed by atoms with Crippen molar-refractivity contribution in [3.05, 3.63) is 64.1 Å². The molecule has 1 heterocycles. The Labute approximate surface area is 161 Å². The molecule has 1 saturated heterocycles. The maximum absolute atomic E-state index is 12.2. The van der Waals surface area contributed by atoms with E-state index < -0.39 is 5.97 Å². The fourth-order valence-corrected chi connectivity index (χ4v) is 3.27. The van der Waals surface area contributed by atoms with E-state index in [2.05, 4.69) is 10.3 Å². The van der Waals surface area contributed by atoms with Crippen molar-refractivity contribution in [3.8, 4) is 5.75 Å². The van der Waals surface area contributed by atoms with E-state index in [9.17, 15) is 9.59 Å². The summed E-state index contributed by atoms with van der Waals surface area (Å²) in [4.78, 5) is 28.3. The van der Waals surface area contributed by atoms with Crippen molar-refractivity contribution in [2.24, 2.45) is 4.99 Å². The van der Waals surface area contributed by atoms with Crippen LogP contribution in [0.2, 0.25) is 0 Å². The van der Waals surface area contributed by atoms with Crippen LogP contribution in [0.4, 0.5) is 5.69 Å². The van der Waals surface area contributed by atoms with Crippen LogP contribution in [0.1, 0.15) is 28.4 Å². The molecule has 27 heavy (non-hydrogen) atoms. The third-order valence-corrected chi connectivity index (χ3v) is 4.73. The molecular weight excluding hydrogens is 364 g/mol. The van der Waals surface area contributed by atoms with Gasteiger partial charge in [0.1, 0.15) is 5.75 Å². The molecule has 138 valence electrons. The summed E-state index contributed by atoms with van der Waals surface area (Å²) in [5.74, 6) is -0.477. The van der Waals surface area contributed by atoms with E-state index in [0.717, 1.165) is 16.9 Å². The number of aromatic carboxylic acids is 1. The highest BCUT2D eigenvalue weighted by Gasteiger charge is 2.24. The Kier molecular flexibility index (Phi) is 5.61. The number of carbonyl (C=O) groups is 2. The molecule has 1 aliphatic rings. The van der Waals surface area contributed by atoms with Crippen molar-refractivity contribution in [1.29, 1.82) is 0 Å². The molecule has 0 saturated carbocycles. The van der Waals surface area contributed by atoms with Crippen LogP contribution in [0.25, 0.3) is 6.08 Å². The lowest BCUT2D eigenvalue weighted by Gasteiger charge is -2.03. The van der Waals surface area contributed by atoms with Crippen LogP contribution in [0, 0.1) is 6.92 Å². The van der Waals surface area contributed by atoms with Gasteiger partial charge in [-0.1, -0.05) is 18.2 Å². The molecule has 1 aliphatic heterocycles. The summed E-state index contributed by atoms with van der Waals surface area (Å²) in [7, 11) is 0. The molecule has 0 radical (unpaired) electrons. The fourth-order valence-electron chi connectivity index (χ4n) is 2.43. The van der Waals surface area contributed by atoms with E-state index in [4.69, 9.17) is 9.84 Å². The van der Waals surface area contributed by atoms with E-state index in [1.807, 2.05) is 38.1 Å². The number of aryl methyl sites for hydroxylation is 1. The summed E-state index contributed by atoms with van der Waals surface area (Å²) in [6.45, 7) is 4.36. The van der Waals surface area contributed by atoms with Crippen LogP contribution >= 0.6 is 11.8 Å². The van der Waals surface area contributed by atoms with E-state index in [1.165, 1.54) is 23.9 Å². The molecule has 1 amide bonds. The lowest BCUT2D eigenvalue weighted by molar-refractivity contribution is -0.115. The second-order valence-corrected chi connectivity index (χ2v) is 6.82. The molecule has 0 atom stereocenters. The number of amidine groups is 1. The molecule has 2 N–H and O–H groups in total. The van der Waals surface area contributed by atoms with Gasteiger partial charge < -0.3 is 15.2 Å². The van der Waals surface area contributed by atoms with Crippen molar-refractivity contribution < 1.29 is 19.4 Å². The highest BCUT2D eigenvalue weighted by molar-refractivity contribution is 8.18. The topological polar surface area (TPSA) is 88.0 Å². The first-order valence-corrected chi connectivity index (χ1v) is 9.14. The van der Waals surface area contributed by atoms with Crippen LogP contribution in [0.5, 0.6) is 5.75 Å². The third kappa shape index (κ3) is 4.57. The number of nitrogens with one attached hydrogen (secondary N) is 1. The Morgan fingerprint density at radius 3 is 2.67 bits per heavy atom. The van der Waals surface area contributed by atoms with Gasteiger partial charge in [0, 0.05) is 0 Å². The predicted octanol–water partition coefficient (Wildman–Crippen LogP) is 3.98. The Bertz CT molecular complexity index is 949. The lowest BCUT2D eigenvalue weighted by atomic mass is 10.1. The largest absolute Gasteiger partial charge is 0.494 e. The van der Waals surface area contributed by atoms with Gasteiger partial charge in [-0.15, -0.1) is 0 Å². The van der Waals surface area contributed by atoms with Gasteiger partial charge in [-0.3, -0.25) is 4.79 Å². The number of carboxylic acids is 1. The van der Waals surface area contributed by atoms with Gasteiger partial charge in [-0.2, -0.15) is 0 Å². The maximum Gasteiger partial charge on any atom is 0.335 e. The molecule has 2 aromatic carbocycles. The molecule has 3 rings (SSSR count). The molecule has 2 aromatic rings. The quantitative estimate of drug-likeness (QED) is 0.764. The van der Waals surface area contributed by atoms with E-state index in [0.29, 0.717) is 22.4 Å². The van der Waals surface area contributed by atoms with Crippen molar-refractivity contribution in [1.82, 2.24) is 5.32 Å². The number of benzene rings is 2. The SMILES string of the molecule is CCOc1ccc(/C=C2\SC(=Nc3cc(C(=O)O)ccc3C)NC2=O)cc1. The van der Waals surface area contributed by atoms with Crippen LogP contribution in [-0.4, -0.2) is 28.8 Å². The molecule has 0 unspecified atom stereocenters. The van der Waals surface area contributed by atoms with Crippen LogP contribution in [0.3, 0.4) is 0 Å². The highest BCUT2D eigenvalue weighted by atomic mass is 32.2. The van der Waals surface area contributed by atoms with E-state index in [-0.39, 0.29) is 11.5 Å². The molecular formula is C20H18N2O4S. The molecule has 0 bridgehead atoms. The van der Waals surface area contributed by atoms with E-state index in [1.54, 1.807) is 12.1 Å². The summed E-state index contributed by atoms with van der Waals surface area (Å²) < 4.78 is 5.41. The van der Waals surface area contributed by atoms with Gasteiger partial charge in [0.2, 0.25) is 0 Å². The number of aliphatic imine (C=N–C) groups is 1. The van der Waals surface area contributed by atoms with Gasteiger partial charge in [0.15, 0.2) is 5.17 Å². The van der Waals surface area contributed by atoms with Crippen LogP contribution < -0.4 is 10.1 Å². The molecule has 6 nitrogen and oxygen atoms in total. The summed E-state index contributed by atoms with van der Waals surface area (Å²) in [6.07, 6.45) is 1.78.